The van der Waals surface area contributed by atoms with E-state index < -0.39 is 11.7 Å². The Labute approximate surface area is 199 Å². The minimum atomic E-state index is -4.37. The van der Waals surface area contributed by atoms with Crippen molar-refractivity contribution < 1.29 is 22.8 Å². The molecule has 0 atom stereocenters. The highest BCUT2D eigenvalue weighted by Gasteiger charge is 2.31. The van der Waals surface area contributed by atoms with Crippen molar-refractivity contribution in [1.82, 2.24) is 20.0 Å². The average Bonchev–Trinajstić information content (AvgIpc) is 2.97. The molecule has 0 saturated carbocycles. The third kappa shape index (κ3) is 7.87. The number of halogens is 3. The van der Waals surface area contributed by atoms with E-state index in [1.165, 1.54) is 12.1 Å². The number of nitrogens with zero attached hydrogens (tertiary/aromatic N) is 4. The van der Waals surface area contributed by atoms with Crippen LogP contribution in [-0.4, -0.2) is 97.5 Å². The second-order valence-corrected chi connectivity index (χ2v) is 10.1. The van der Waals surface area contributed by atoms with Crippen LogP contribution in [0.3, 0.4) is 0 Å². The molecule has 34 heavy (non-hydrogen) atoms. The molecule has 2 aliphatic heterocycles. The molecule has 0 spiro atoms. The third-order valence-corrected chi connectivity index (χ3v) is 6.09. The fourth-order valence-corrected chi connectivity index (χ4v) is 4.39. The monoisotopic (exact) mass is 483 g/mol. The van der Waals surface area contributed by atoms with E-state index in [0.717, 1.165) is 38.7 Å². The maximum atomic E-state index is 13.0. The predicted molar refractivity (Wildman–Crippen MR) is 126 cm³/mol. The SMILES string of the molecule is CC(C)(C)NC(=O)CN1CCCN(CC(=O)N2CCN(c3cccc(C(F)(F)F)c3)CC2)CC1. The van der Waals surface area contributed by atoms with Gasteiger partial charge in [0.2, 0.25) is 11.8 Å². The zero-order valence-electron chi connectivity index (χ0n) is 20.3. The first-order valence-corrected chi connectivity index (χ1v) is 11.9. The van der Waals surface area contributed by atoms with Crippen molar-refractivity contribution in [3.05, 3.63) is 29.8 Å². The van der Waals surface area contributed by atoms with E-state index in [4.69, 9.17) is 0 Å². The van der Waals surface area contributed by atoms with E-state index in [0.29, 0.717) is 45.0 Å². The van der Waals surface area contributed by atoms with Crippen molar-refractivity contribution in [3.8, 4) is 0 Å². The highest BCUT2D eigenvalue weighted by molar-refractivity contribution is 5.79. The zero-order chi connectivity index (χ0) is 24.9. The first-order valence-electron chi connectivity index (χ1n) is 11.9. The van der Waals surface area contributed by atoms with Gasteiger partial charge in [0.05, 0.1) is 18.7 Å². The fourth-order valence-electron chi connectivity index (χ4n) is 4.39. The Morgan fingerprint density at radius 3 is 2.09 bits per heavy atom. The normalized spacial score (nSPS) is 19.1. The number of anilines is 1. The molecule has 0 aliphatic carbocycles. The van der Waals surface area contributed by atoms with E-state index >= 15 is 0 Å². The van der Waals surface area contributed by atoms with Crippen LogP contribution in [0.15, 0.2) is 24.3 Å². The number of carbonyl (C=O) groups is 2. The van der Waals surface area contributed by atoms with Gasteiger partial charge in [-0.3, -0.25) is 19.4 Å². The van der Waals surface area contributed by atoms with Crippen LogP contribution in [-0.2, 0) is 15.8 Å². The number of carbonyl (C=O) groups excluding carboxylic acids is 2. The average molecular weight is 484 g/mol. The van der Waals surface area contributed by atoms with Crippen LogP contribution in [0, 0.1) is 0 Å². The van der Waals surface area contributed by atoms with Crippen LogP contribution in [0.4, 0.5) is 18.9 Å². The highest BCUT2D eigenvalue weighted by atomic mass is 19.4. The number of alkyl halides is 3. The van der Waals surface area contributed by atoms with Gasteiger partial charge in [-0.05, 0) is 58.5 Å². The lowest BCUT2D eigenvalue weighted by Gasteiger charge is -2.37. The van der Waals surface area contributed by atoms with Crippen molar-refractivity contribution >= 4 is 17.5 Å². The molecule has 1 N–H and O–H groups in total. The molecule has 3 rings (SSSR count). The van der Waals surface area contributed by atoms with Crippen molar-refractivity contribution in [3.63, 3.8) is 0 Å². The summed E-state index contributed by atoms with van der Waals surface area (Å²) in [4.78, 5) is 33.0. The molecule has 0 radical (unpaired) electrons. The van der Waals surface area contributed by atoms with Gasteiger partial charge in [-0.1, -0.05) is 6.07 Å². The van der Waals surface area contributed by atoms with Gasteiger partial charge in [-0.25, -0.2) is 0 Å². The molecule has 10 heteroatoms. The van der Waals surface area contributed by atoms with Crippen molar-refractivity contribution in [2.75, 3.05) is 70.3 Å². The standard InChI is InChI=1S/C24H36F3N5O2/c1-23(2,3)28-21(33)17-29-8-5-9-30(11-10-29)18-22(34)32-14-12-31(13-15-32)20-7-4-6-19(16-20)24(25,26)27/h4,6-7,16H,5,8-15,17-18H2,1-3H3,(H,28,33). The van der Waals surface area contributed by atoms with Gasteiger partial charge in [0, 0.05) is 50.5 Å². The maximum Gasteiger partial charge on any atom is 0.416 e. The number of amides is 2. The Morgan fingerprint density at radius 1 is 0.882 bits per heavy atom. The summed E-state index contributed by atoms with van der Waals surface area (Å²) < 4.78 is 39.0. The summed E-state index contributed by atoms with van der Waals surface area (Å²) in [5.41, 5.74) is -0.383. The fraction of sp³-hybridized carbons (Fsp3) is 0.667. The molecular formula is C24H36F3N5O2. The molecule has 0 aromatic heterocycles. The smallest absolute Gasteiger partial charge is 0.368 e. The summed E-state index contributed by atoms with van der Waals surface area (Å²) in [6.07, 6.45) is -3.48. The summed E-state index contributed by atoms with van der Waals surface area (Å²) in [6, 6.07) is 5.34. The zero-order valence-corrected chi connectivity index (χ0v) is 20.3. The lowest BCUT2D eigenvalue weighted by atomic mass is 10.1. The quantitative estimate of drug-likeness (QED) is 0.697. The molecule has 2 saturated heterocycles. The molecule has 2 heterocycles. The highest BCUT2D eigenvalue weighted by Crippen LogP contribution is 2.31. The predicted octanol–water partition coefficient (Wildman–Crippen LogP) is 2.28. The Bertz CT molecular complexity index is 848. The molecule has 190 valence electrons. The first-order chi connectivity index (χ1) is 15.9. The third-order valence-electron chi connectivity index (χ3n) is 6.09. The number of hydrogen-bond acceptors (Lipinski definition) is 5. The molecule has 2 amide bonds. The van der Waals surface area contributed by atoms with E-state index in [1.807, 2.05) is 25.7 Å². The maximum absolute atomic E-state index is 13.0. The molecule has 0 bridgehead atoms. The van der Waals surface area contributed by atoms with Crippen LogP contribution >= 0.6 is 0 Å². The molecular weight excluding hydrogens is 447 g/mol. The van der Waals surface area contributed by atoms with E-state index in [2.05, 4.69) is 15.1 Å². The lowest BCUT2D eigenvalue weighted by molar-refractivity contribution is -0.137. The van der Waals surface area contributed by atoms with Crippen LogP contribution in [0.2, 0.25) is 0 Å². The van der Waals surface area contributed by atoms with Crippen molar-refractivity contribution in [1.29, 1.82) is 0 Å². The van der Waals surface area contributed by atoms with Gasteiger partial charge in [-0.2, -0.15) is 13.2 Å². The van der Waals surface area contributed by atoms with Gasteiger partial charge in [-0.15, -0.1) is 0 Å². The second-order valence-electron chi connectivity index (χ2n) is 10.1. The van der Waals surface area contributed by atoms with Crippen molar-refractivity contribution in [2.24, 2.45) is 0 Å². The molecule has 0 unspecified atom stereocenters. The molecule has 2 fully saturated rings. The van der Waals surface area contributed by atoms with Crippen molar-refractivity contribution in [2.45, 2.75) is 38.9 Å². The first kappa shape index (κ1) is 26.3. The van der Waals surface area contributed by atoms with E-state index in [-0.39, 0.29) is 17.4 Å². The number of benzene rings is 1. The lowest BCUT2D eigenvalue weighted by Crippen LogP contribution is -2.51. The molecule has 2 aliphatic rings. The van der Waals surface area contributed by atoms with E-state index in [9.17, 15) is 22.8 Å². The Morgan fingerprint density at radius 2 is 1.50 bits per heavy atom. The number of hydrogen-bond donors (Lipinski definition) is 1. The van der Waals surface area contributed by atoms with Crippen LogP contribution in [0.25, 0.3) is 0 Å². The summed E-state index contributed by atoms with van der Waals surface area (Å²) in [5, 5.41) is 2.98. The van der Waals surface area contributed by atoms with Crippen LogP contribution in [0.1, 0.15) is 32.8 Å². The number of rotatable bonds is 5. The van der Waals surface area contributed by atoms with Gasteiger partial charge in [0.15, 0.2) is 0 Å². The topological polar surface area (TPSA) is 59.1 Å². The molecule has 7 nitrogen and oxygen atoms in total. The summed E-state index contributed by atoms with van der Waals surface area (Å²) in [6.45, 7) is 11.6. The number of nitrogens with one attached hydrogen (secondary N) is 1. The Kier molecular flexibility index (Phi) is 8.46. The molecule has 1 aromatic carbocycles. The van der Waals surface area contributed by atoms with E-state index in [1.54, 1.807) is 11.0 Å². The minimum Gasteiger partial charge on any atom is -0.368 e. The summed E-state index contributed by atoms with van der Waals surface area (Å²) in [7, 11) is 0. The van der Waals surface area contributed by atoms with Gasteiger partial charge >= 0.3 is 6.18 Å². The summed E-state index contributed by atoms with van der Waals surface area (Å²) >= 11 is 0. The summed E-state index contributed by atoms with van der Waals surface area (Å²) in [5.74, 6) is 0.0540. The largest absolute Gasteiger partial charge is 0.416 e. The van der Waals surface area contributed by atoms with Crippen LogP contribution in [0.5, 0.6) is 0 Å². The Hall–Kier alpha value is -2.33. The Balaban J connectivity index is 1.44. The van der Waals surface area contributed by atoms with Gasteiger partial charge in [0.25, 0.3) is 0 Å². The second kappa shape index (κ2) is 10.9. The molecule has 1 aromatic rings. The van der Waals surface area contributed by atoms with Gasteiger partial charge < -0.3 is 15.1 Å². The minimum absolute atomic E-state index is 0.00988. The van der Waals surface area contributed by atoms with Gasteiger partial charge in [0.1, 0.15) is 0 Å². The number of piperazine rings is 1. The van der Waals surface area contributed by atoms with Crippen LogP contribution < -0.4 is 10.2 Å².